The topological polar surface area (TPSA) is 89.6 Å². The minimum atomic E-state index is -0.178. The van der Waals surface area contributed by atoms with E-state index in [0.717, 1.165) is 54.2 Å². The summed E-state index contributed by atoms with van der Waals surface area (Å²) in [4.78, 5) is 19.9. The molecule has 1 saturated carbocycles. The summed E-state index contributed by atoms with van der Waals surface area (Å²) < 4.78 is 9.22. The summed E-state index contributed by atoms with van der Waals surface area (Å²) in [7, 11) is 1.64. The lowest BCUT2D eigenvalue weighted by Gasteiger charge is -2.29. The number of benzene rings is 1. The fourth-order valence-electron chi connectivity index (χ4n) is 4.58. The summed E-state index contributed by atoms with van der Waals surface area (Å²) in [5.41, 5.74) is 5.27. The Hall–Kier alpha value is -3.72. The van der Waals surface area contributed by atoms with Gasteiger partial charge in [-0.25, -0.2) is 9.67 Å². The number of hydrogen-bond donors (Lipinski definition) is 1. The van der Waals surface area contributed by atoms with E-state index < -0.39 is 0 Å². The van der Waals surface area contributed by atoms with E-state index in [4.69, 9.17) is 19.9 Å². The molecule has 34 heavy (non-hydrogen) atoms. The molecule has 1 aliphatic carbocycles. The van der Waals surface area contributed by atoms with Gasteiger partial charge in [0.05, 0.1) is 18.9 Å². The molecule has 1 amide bonds. The number of nitrogens with one attached hydrogen (secondary N) is 1. The average molecular weight is 458 g/mol. The highest BCUT2D eigenvalue weighted by molar-refractivity contribution is 5.96. The molecule has 2 fully saturated rings. The number of rotatable bonds is 5. The van der Waals surface area contributed by atoms with Gasteiger partial charge in [0, 0.05) is 43.5 Å². The van der Waals surface area contributed by atoms with Gasteiger partial charge in [0.2, 0.25) is 0 Å². The van der Waals surface area contributed by atoms with Gasteiger partial charge in [-0.2, -0.15) is 14.7 Å². The van der Waals surface area contributed by atoms with E-state index in [-0.39, 0.29) is 5.91 Å². The molecule has 0 spiro atoms. The Bertz CT molecular complexity index is 1380. The molecular formula is C25H27N7O2. The van der Waals surface area contributed by atoms with Gasteiger partial charge in [-0.3, -0.25) is 4.79 Å². The zero-order valence-corrected chi connectivity index (χ0v) is 19.4. The van der Waals surface area contributed by atoms with Crippen LogP contribution in [0.15, 0.2) is 42.6 Å². The highest BCUT2D eigenvalue weighted by Crippen LogP contribution is 2.44. The van der Waals surface area contributed by atoms with Crippen molar-refractivity contribution < 1.29 is 9.53 Å². The number of aryl methyl sites for hydroxylation is 1. The van der Waals surface area contributed by atoms with Crippen molar-refractivity contribution in [2.75, 3.05) is 38.3 Å². The quantitative estimate of drug-likeness (QED) is 0.496. The van der Waals surface area contributed by atoms with E-state index in [1.54, 1.807) is 7.05 Å². The lowest BCUT2D eigenvalue weighted by atomic mass is 10.1. The Labute approximate surface area is 197 Å². The number of amides is 1. The van der Waals surface area contributed by atoms with Crippen molar-refractivity contribution in [2.24, 2.45) is 0 Å². The number of morpholine rings is 1. The first-order valence-corrected chi connectivity index (χ1v) is 11.7. The van der Waals surface area contributed by atoms with Crippen molar-refractivity contribution in [3.8, 4) is 17.1 Å². The Balaban J connectivity index is 1.52. The van der Waals surface area contributed by atoms with Gasteiger partial charge < -0.3 is 15.0 Å². The second-order valence-electron chi connectivity index (χ2n) is 8.94. The first-order valence-electron chi connectivity index (χ1n) is 11.7. The molecule has 9 heteroatoms. The zero-order chi connectivity index (χ0) is 23.2. The maximum Gasteiger partial charge on any atom is 0.271 e. The summed E-state index contributed by atoms with van der Waals surface area (Å²) in [6, 6.07) is 12.3. The van der Waals surface area contributed by atoms with Crippen LogP contribution in [0.1, 0.15) is 40.4 Å². The Morgan fingerprint density at radius 1 is 1.12 bits per heavy atom. The van der Waals surface area contributed by atoms with Crippen LogP contribution in [0, 0.1) is 6.92 Å². The first-order chi connectivity index (χ1) is 16.6. The van der Waals surface area contributed by atoms with Crippen LogP contribution in [0.2, 0.25) is 0 Å². The summed E-state index contributed by atoms with van der Waals surface area (Å²) in [6.45, 7) is 4.88. The molecule has 1 saturated heterocycles. The second-order valence-corrected chi connectivity index (χ2v) is 8.94. The van der Waals surface area contributed by atoms with Crippen LogP contribution in [0.3, 0.4) is 0 Å². The molecule has 0 atom stereocenters. The third-order valence-electron chi connectivity index (χ3n) is 6.49. The standard InChI is InChI=1S/C25H27N7O2/c1-16-4-3-5-18(14-16)19-8-9-31(28-19)20-15-21(30-10-12-34-13-11-30)32-24(27-20)22(17-6-7-17)23(29-32)25(33)26-2/h3-5,8-9,14-15,17H,6-7,10-13H2,1-2H3,(H,26,33). The molecule has 4 aromatic rings. The second kappa shape index (κ2) is 8.25. The molecule has 1 N–H and O–H groups in total. The molecular weight excluding hydrogens is 430 g/mol. The van der Waals surface area contributed by atoms with Gasteiger partial charge in [-0.15, -0.1) is 0 Å². The zero-order valence-electron chi connectivity index (χ0n) is 19.4. The monoisotopic (exact) mass is 457 g/mol. The number of anilines is 1. The first kappa shape index (κ1) is 20.9. The van der Waals surface area contributed by atoms with Crippen LogP contribution in [0.4, 0.5) is 5.82 Å². The molecule has 1 aromatic carbocycles. The van der Waals surface area contributed by atoms with Crippen LogP contribution >= 0.6 is 0 Å². The molecule has 0 unspecified atom stereocenters. The van der Waals surface area contributed by atoms with E-state index in [1.807, 2.05) is 33.6 Å². The Morgan fingerprint density at radius 3 is 2.68 bits per heavy atom. The molecule has 9 nitrogen and oxygen atoms in total. The largest absolute Gasteiger partial charge is 0.378 e. The predicted molar refractivity (Wildman–Crippen MR) is 129 cm³/mol. The lowest BCUT2D eigenvalue weighted by Crippen LogP contribution is -2.37. The van der Waals surface area contributed by atoms with Crippen LogP contribution < -0.4 is 10.2 Å². The number of nitrogens with zero attached hydrogens (tertiary/aromatic N) is 6. The van der Waals surface area contributed by atoms with Gasteiger partial charge in [0.15, 0.2) is 17.2 Å². The van der Waals surface area contributed by atoms with E-state index in [1.165, 1.54) is 5.56 Å². The third kappa shape index (κ3) is 3.62. The van der Waals surface area contributed by atoms with Crippen molar-refractivity contribution in [1.82, 2.24) is 29.7 Å². The van der Waals surface area contributed by atoms with Crippen molar-refractivity contribution in [2.45, 2.75) is 25.7 Å². The lowest BCUT2D eigenvalue weighted by molar-refractivity contribution is 0.0956. The number of ether oxygens (including phenoxy) is 1. The van der Waals surface area contributed by atoms with E-state index in [9.17, 15) is 4.79 Å². The highest BCUT2D eigenvalue weighted by atomic mass is 16.5. The van der Waals surface area contributed by atoms with Crippen molar-refractivity contribution in [3.63, 3.8) is 0 Å². The number of carbonyl (C=O) groups excluding carboxylic acids is 1. The normalized spacial score (nSPS) is 16.2. The fourth-order valence-corrected chi connectivity index (χ4v) is 4.58. The minimum Gasteiger partial charge on any atom is -0.378 e. The van der Waals surface area contributed by atoms with E-state index in [2.05, 4.69) is 35.3 Å². The summed E-state index contributed by atoms with van der Waals surface area (Å²) in [5.74, 6) is 1.74. The summed E-state index contributed by atoms with van der Waals surface area (Å²) >= 11 is 0. The maximum atomic E-state index is 12.7. The van der Waals surface area contributed by atoms with Gasteiger partial charge in [0.1, 0.15) is 5.82 Å². The molecule has 0 radical (unpaired) electrons. The fraction of sp³-hybridized carbons (Fsp3) is 0.360. The van der Waals surface area contributed by atoms with Crippen molar-refractivity contribution in [1.29, 1.82) is 0 Å². The van der Waals surface area contributed by atoms with E-state index in [0.29, 0.717) is 30.6 Å². The van der Waals surface area contributed by atoms with Crippen LogP contribution in [-0.2, 0) is 4.74 Å². The van der Waals surface area contributed by atoms with Gasteiger partial charge in [-0.05, 0) is 37.8 Å². The average Bonchev–Trinajstić information content (AvgIpc) is 3.44. The van der Waals surface area contributed by atoms with Crippen LogP contribution in [0.5, 0.6) is 0 Å². The SMILES string of the molecule is CNC(=O)c1nn2c(N3CCOCC3)cc(-n3ccc(-c4cccc(C)c4)n3)nc2c1C1CC1. The molecule has 4 heterocycles. The smallest absolute Gasteiger partial charge is 0.271 e. The maximum absolute atomic E-state index is 12.7. The van der Waals surface area contributed by atoms with Gasteiger partial charge in [0.25, 0.3) is 5.91 Å². The predicted octanol–water partition coefficient (Wildman–Crippen LogP) is 2.96. The number of fused-ring (bicyclic) bond motifs is 1. The van der Waals surface area contributed by atoms with Crippen LogP contribution in [0.25, 0.3) is 22.7 Å². The van der Waals surface area contributed by atoms with Crippen LogP contribution in [-0.4, -0.2) is 63.6 Å². The third-order valence-corrected chi connectivity index (χ3v) is 6.49. The highest BCUT2D eigenvalue weighted by Gasteiger charge is 2.35. The number of carbonyl (C=O) groups is 1. The summed E-state index contributed by atoms with van der Waals surface area (Å²) in [5, 5.41) is 12.3. The molecule has 1 aliphatic heterocycles. The minimum absolute atomic E-state index is 0.178. The molecule has 0 bridgehead atoms. The molecule has 6 rings (SSSR count). The van der Waals surface area contributed by atoms with Crippen molar-refractivity contribution >= 4 is 17.4 Å². The Kier molecular flexibility index (Phi) is 5.06. The summed E-state index contributed by atoms with van der Waals surface area (Å²) in [6.07, 6.45) is 4.03. The van der Waals surface area contributed by atoms with E-state index >= 15 is 0 Å². The number of hydrogen-bond acceptors (Lipinski definition) is 6. The number of aromatic nitrogens is 5. The molecule has 2 aliphatic rings. The molecule has 174 valence electrons. The van der Waals surface area contributed by atoms with Gasteiger partial charge in [-0.1, -0.05) is 23.8 Å². The van der Waals surface area contributed by atoms with Gasteiger partial charge >= 0.3 is 0 Å². The Morgan fingerprint density at radius 2 is 1.94 bits per heavy atom. The molecule has 3 aromatic heterocycles. The van der Waals surface area contributed by atoms with Crippen molar-refractivity contribution in [3.05, 3.63) is 59.4 Å².